The third-order valence-electron chi connectivity index (χ3n) is 4.09. The van der Waals surface area contributed by atoms with E-state index in [1.807, 2.05) is 11.8 Å². The lowest BCUT2D eigenvalue weighted by molar-refractivity contribution is 0.00707. The van der Waals surface area contributed by atoms with Gasteiger partial charge >= 0.3 is 0 Å². The fraction of sp³-hybridized carbons (Fsp3) is 0.714. The SMILES string of the molecule is CCOC1CCCN(C(=O)c2n[nH]c(C3CC3)c2N)C1. The Kier molecular flexibility index (Phi) is 3.65. The van der Waals surface area contributed by atoms with E-state index >= 15 is 0 Å². The Bertz CT molecular complexity index is 493. The fourth-order valence-corrected chi connectivity index (χ4v) is 2.85. The smallest absolute Gasteiger partial charge is 0.276 e. The van der Waals surface area contributed by atoms with Gasteiger partial charge in [-0.05, 0) is 32.6 Å². The van der Waals surface area contributed by atoms with Gasteiger partial charge in [-0.2, -0.15) is 5.10 Å². The van der Waals surface area contributed by atoms with E-state index in [1.54, 1.807) is 0 Å². The third-order valence-corrected chi connectivity index (χ3v) is 4.09. The molecule has 6 heteroatoms. The summed E-state index contributed by atoms with van der Waals surface area (Å²) >= 11 is 0. The van der Waals surface area contributed by atoms with Crippen LogP contribution in [0.5, 0.6) is 0 Å². The van der Waals surface area contributed by atoms with Crippen LogP contribution in [0.1, 0.15) is 54.7 Å². The van der Waals surface area contributed by atoms with Crippen molar-refractivity contribution in [2.75, 3.05) is 25.4 Å². The van der Waals surface area contributed by atoms with Crippen LogP contribution in [0.4, 0.5) is 5.69 Å². The molecule has 0 radical (unpaired) electrons. The van der Waals surface area contributed by atoms with E-state index in [4.69, 9.17) is 10.5 Å². The van der Waals surface area contributed by atoms with Gasteiger partial charge in [-0.25, -0.2) is 0 Å². The number of rotatable bonds is 4. The van der Waals surface area contributed by atoms with Crippen molar-refractivity contribution in [1.82, 2.24) is 15.1 Å². The standard InChI is InChI=1S/C14H22N4O2/c1-2-20-10-4-3-7-18(8-10)14(19)13-11(15)12(16-17-13)9-5-6-9/h9-10H,2-8,15H2,1H3,(H,16,17). The normalized spacial score (nSPS) is 23.1. The van der Waals surface area contributed by atoms with Crippen LogP contribution in [-0.4, -0.2) is 46.8 Å². The molecule has 1 aliphatic carbocycles. The summed E-state index contributed by atoms with van der Waals surface area (Å²) in [4.78, 5) is 14.3. The maximum atomic E-state index is 12.5. The monoisotopic (exact) mass is 278 g/mol. The van der Waals surface area contributed by atoms with E-state index in [1.165, 1.54) is 0 Å². The average molecular weight is 278 g/mol. The number of ether oxygens (including phenoxy) is 1. The Hall–Kier alpha value is -1.56. The molecule has 2 heterocycles. The second-order valence-electron chi connectivity index (χ2n) is 5.64. The van der Waals surface area contributed by atoms with Crippen molar-refractivity contribution < 1.29 is 9.53 Å². The first-order chi connectivity index (χ1) is 9.70. The van der Waals surface area contributed by atoms with Crippen molar-refractivity contribution in [3.63, 3.8) is 0 Å². The Morgan fingerprint density at radius 3 is 3.00 bits per heavy atom. The number of hydrogen-bond donors (Lipinski definition) is 2. The number of likely N-dealkylation sites (tertiary alicyclic amines) is 1. The highest BCUT2D eigenvalue weighted by atomic mass is 16.5. The van der Waals surface area contributed by atoms with E-state index in [0.29, 0.717) is 30.5 Å². The number of nitrogen functional groups attached to an aromatic ring is 1. The number of piperidine rings is 1. The molecule has 1 aliphatic heterocycles. The Morgan fingerprint density at radius 1 is 1.50 bits per heavy atom. The van der Waals surface area contributed by atoms with Gasteiger partial charge in [0, 0.05) is 25.6 Å². The number of amides is 1. The molecule has 3 rings (SSSR count). The summed E-state index contributed by atoms with van der Waals surface area (Å²) in [5, 5.41) is 7.08. The van der Waals surface area contributed by atoms with E-state index in [0.717, 1.165) is 37.9 Å². The lowest BCUT2D eigenvalue weighted by Crippen LogP contribution is -2.43. The first-order valence-corrected chi connectivity index (χ1v) is 7.45. The number of nitrogens with one attached hydrogen (secondary N) is 1. The summed E-state index contributed by atoms with van der Waals surface area (Å²) in [6.07, 6.45) is 4.39. The van der Waals surface area contributed by atoms with E-state index < -0.39 is 0 Å². The molecule has 0 bridgehead atoms. The zero-order valence-electron chi connectivity index (χ0n) is 11.9. The molecule has 1 amide bonds. The van der Waals surface area contributed by atoms with Gasteiger partial charge in [-0.15, -0.1) is 0 Å². The zero-order valence-corrected chi connectivity index (χ0v) is 11.9. The predicted octanol–water partition coefficient (Wildman–Crippen LogP) is 1.51. The number of anilines is 1. The average Bonchev–Trinajstić information content (AvgIpc) is 3.22. The maximum Gasteiger partial charge on any atom is 0.276 e. The Labute approximate surface area is 118 Å². The molecule has 1 aromatic rings. The molecule has 2 aliphatic rings. The fourth-order valence-electron chi connectivity index (χ4n) is 2.85. The number of nitrogens with two attached hydrogens (primary N) is 1. The summed E-state index contributed by atoms with van der Waals surface area (Å²) in [6, 6.07) is 0. The molecule has 6 nitrogen and oxygen atoms in total. The van der Waals surface area contributed by atoms with Gasteiger partial charge in [0.2, 0.25) is 0 Å². The van der Waals surface area contributed by atoms with Gasteiger partial charge in [0.05, 0.1) is 17.5 Å². The first-order valence-electron chi connectivity index (χ1n) is 7.45. The second kappa shape index (κ2) is 5.44. The highest BCUT2D eigenvalue weighted by molar-refractivity contribution is 5.97. The number of hydrogen-bond acceptors (Lipinski definition) is 4. The molecule has 1 saturated heterocycles. The minimum Gasteiger partial charge on any atom is -0.395 e. The summed E-state index contributed by atoms with van der Waals surface area (Å²) < 4.78 is 5.63. The van der Waals surface area contributed by atoms with E-state index in [9.17, 15) is 4.79 Å². The van der Waals surface area contributed by atoms with Gasteiger partial charge in [0.25, 0.3) is 5.91 Å². The van der Waals surface area contributed by atoms with Crippen LogP contribution < -0.4 is 5.73 Å². The Morgan fingerprint density at radius 2 is 2.30 bits per heavy atom. The molecule has 1 unspecified atom stereocenters. The van der Waals surface area contributed by atoms with Gasteiger partial charge in [0.1, 0.15) is 0 Å². The zero-order chi connectivity index (χ0) is 14.1. The van der Waals surface area contributed by atoms with Crippen LogP contribution in [-0.2, 0) is 4.74 Å². The summed E-state index contributed by atoms with van der Waals surface area (Å²) in [5.74, 6) is 0.400. The molecule has 1 atom stereocenters. The van der Waals surface area contributed by atoms with Crippen LogP contribution >= 0.6 is 0 Å². The number of aromatic nitrogens is 2. The molecule has 110 valence electrons. The minimum atomic E-state index is -0.0740. The van der Waals surface area contributed by atoms with Crippen molar-refractivity contribution in [2.24, 2.45) is 0 Å². The van der Waals surface area contributed by atoms with Crippen molar-refractivity contribution >= 4 is 11.6 Å². The second-order valence-corrected chi connectivity index (χ2v) is 5.64. The van der Waals surface area contributed by atoms with E-state index in [2.05, 4.69) is 10.2 Å². The van der Waals surface area contributed by atoms with Crippen LogP contribution in [0.25, 0.3) is 0 Å². The molecule has 1 aromatic heterocycles. The molecule has 20 heavy (non-hydrogen) atoms. The van der Waals surface area contributed by atoms with E-state index in [-0.39, 0.29) is 12.0 Å². The summed E-state index contributed by atoms with van der Waals surface area (Å²) in [6.45, 7) is 4.06. The van der Waals surface area contributed by atoms with Gasteiger partial charge in [-0.3, -0.25) is 9.89 Å². The van der Waals surface area contributed by atoms with Crippen molar-refractivity contribution in [2.45, 2.75) is 44.6 Å². The first kappa shape index (κ1) is 13.4. The molecule has 0 spiro atoms. The predicted molar refractivity (Wildman–Crippen MR) is 75.5 cm³/mol. The number of aromatic amines is 1. The molecule has 1 saturated carbocycles. The molecular weight excluding hydrogens is 256 g/mol. The number of H-pyrrole nitrogens is 1. The molecule has 3 N–H and O–H groups in total. The molecule has 2 fully saturated rings. The highest BCUT2D eigenvalue weighted by Gasteiger charge is 2.32. The topological polar surface area (TPSA) is 84.2 Å². The minimum absolute atomic E-state index is 0.0740. The van der Waals surface area contributed by atoms with Crippen molar-refractivity contribution in [3.8, 4) is 0 Å². The largest absolute Gasteiger partial charge is 0.395 e. The van der Waals surface area contributed by atoms with Crippen LogP contribution in [0.3, 0.4) is 0 Å². The van der Waals surface area contributed by atoms with Crippen LogP contribution in [0.15, 0.2) is 0 Å². The maximum absolute atomic E-state index is 12.5. The number of nitrogens with zero attached hydrogens (tertiary/aromatic N) is 2. The number of carbonyl (C=O) groups excluding carboxylic acids is 1. The lowest BCUT2D eigenvalue weighted by Gasteiger charge is -2.32. The third kappa shape index (κ3) is 2.52. The van der Waals surface area contributed by atoms with Crippen molar-refractivity contribution in [1.29, 1.82) is 0 Å². The van der Waals surface area contributed by atoms with Gasteiger partial charge < -0.3 is 15.4 Å². The van der Waals surface area contributed by atoms with Gasteiger partial charge in [0.15, 0.2) is 5.69 Å². The molecule has 0 aromatic carbocycles. The van der Waals surface area contributed by atoms with Gasteiger partial charge in [-0.1, -0.05) is 0 Å². The summed E-state index contributed by atoms with van der Waals surface area (Å²) in [5.41, 5.74) is 7.93. The van der Waals surface area contributed by atoms with Crippen LogP contribution in [0.2, 0.25) is 0 Å². The number of carbonyl (C=O) groups is 1. The quantitative estimate of drug-likeness (QED) is 0.874. The van der Waals surface area contributed by atoms with Crippen molar-refractivity contribution in [3.05, 3.63) is 11.4 Å². The summed E-state index contributed by atoms with van der Waals surface area (Å²) in [7, 11) is 0. The lowest BCUT2D eigenvalue weighted by atomic mass is 10.1. The Balaban J connectivity index is 1.71. The molecular formula is C14H22N4O2. The highest BCUT2D eigenvalue weighted by Crippen LogP contribution is 2.42. The van der Waals surface area contributed by atoms with Crippen LogP contribution in [0, 0.1) is 0 Å².